The number of carbonyl (C=O) groups is 1. The largest absolute Gasteiger partial charge is 0.396 e. The van der Waals surface area contributed by atoms with E-state index in [0.717, 1.165) is 3.79 Å². The summed E-state index contributed by atoms with van der Waals surface area (Å²) in [7, 11) is -3.53. The molecule has 0 aliphatic carbocycles. The summed E-state index contributed by atoms with van der Waals surface area (Å²) in [5, 5.41) is 11.5. The number of aliphatic hydroxyl groups is 1. The van der Waals surface area contributed by atoms with Crippen molar-refractivity contribution < 1.29 is 18.3 Å². The first-order chi connectivity index (χ1) is 10.4. The maximum Gasteiger partial charge on any atom is 0.252 e. The number of sulfonamides is 1. The van der Waals surface area contributed by atoms with E-state index < -0.39 is 10.0 Å². The lowest BCUT2D eigenvalue weighted by Crippen LogP contribution is -2.45. The Bertz CT molecular complexity index is 617. The van der Waals surface area contributed by atoms with Crippen molar-refractivity contribution in [2.75, 3.05) is 26.2 Å². The summed E-state index contributed by atoms with van der Waals surface area (Å²) in [4.78, 5) is 12.1. The average molecular weight is 411 g/mol. The van der Waals surface area contributed by atoms with Gasteiger partial charge in [-0.3, -0.25) is 4.79 Å². The number of thiophene rings is 1. The van der Waals surface area contributed by atoms with Crippen LogP contribution in [0.3, 0.4) is 0 Å². The number of rotatable bonds is 6. The van der Waals surface area contributed by atoms with E-state index in [1.54, 1.807) is 12.1 Å². The van der Waals surface area contributed by atoms with Gasteiger partial charge in [0.1, 0.15) is 4.21 Å². The molecular formula is C13H19BrN2O4S2. The van der Waals surface area contributed by atoms with Crippen molar-refractivity contribution in [3.05, 3.63) is 15.9 Å². The summed E-state index contributed by atoms with van der Waals surface area (Å²) in [6.45, 7) is 1.09. The fourth-order valence-corrected chi connectivity index (χ4v) is 6.06. The molecule has 1 unspecified atom stereocenters. The first-order valence-corrected chi connectivity index (χ1v) is 10.1. The van der Waals surface area contributed by atoms with E-state index in [2.05, 4.69) is 21.2 Å². The molecule has 1 aliphatic rings. The molecule has 2 N–H and O–H groups in total. The maximum atomic E-state index is 12.6. The molecule has 6 nitrogen and oxygen atoms in total. The van der Waals surface area contributed by atoms with Crippen LogP contribution in [0.4, 0.5) is 0 Å². The zero-order chi connectivity index (χ0) is 16.2. The van der Waals surface area contributed by atoms with Gasteiger partial charge >= 0.3 is 0 Å². The molecule has 1 aliphatic heterocycles. The summed E-state index contributed by atoms with van der Waals surface area (Å²) in [6.07, 6.45) is 1.86. The summed E-state index contributed by atoms with van der Waals surface area (Å²) >= 11 is 4.44. The number of hydrogen-bond donors (Lipinski definition) is 2. The minimum Gasteiger partial charge on any atom is -0.396 e. The minimum absolute atomic E-state index is 0.0265. The van der Waals surface area contributed by atoms with Gasteiger partial charge in [0.25, 0.3) is 10.0 Å². The topological polar surface area (TPSA) is 86.7 Å². The van der Waals surface area contributed by atoms with Gasteiger partial charge in [0.15, 0.2) is 0 Å². The monoisotopic (exact) mass is 410 g/mol. The van der Waals surface area contributed by atoms with Gasteiger partial charge in [-0.1, -0.05) is 0 Å². The van der Waals surface area contributed by atoms with E-state index >= 15 is 0 Å². The number of piperidine rings is 1. The molecule has 0 radical (unpaired) electrons. The summed E-state index contributed by atoms with van der Waals surface area (Å²) in [6, 6.07) is 3.29. The van der Waals surface area contributed by atoms with Gasteiger partial charge < -0.3 is 10.4 Å². The highest BCUT2D eigenvalue weighted by Crippen LogP contribution is 2.30. The van der Waals surface area contributed by atoms with Crippen molar-refractivity contribution in [1.82, 2.24) is 9.62 Å². The van der Waals surface area contributed by atoms with Crippen LogP contribution in [-0.2, 0) is 14.8 Å². The lowest BCUT2D eigenvalue weighted by atomic mass is 9.99. The van der Waals surface area contributed by atoms with E-state index in [1.165, 1.54) is 15.6 Å². The molecule has 1 atom stereocenters. The van der Waals surface area contributed by atoms with Gasteiger partial charge in [0.2, 0.25) is 5.91 Å². The molecule has 9 heteroatoms. The van der Waals surface area contributed by atoms with E-state index in [4.69, 9.17) is 5.11 Å². The second kappa shape index (κ2) is 7.87. The van der Waals surface area contributed by atoms with Crippen molar-refractivity contribution in [2.24, 2.45) is 5.92 Å². The number of aliphatic hydroxyl groups excluding tert-OH is 1. The van der Waals surface area contributed by atoms with E-state index in [9.17, 15) is 13.2 Å². The molecule has 2 rings (SSSR count). The molecule has 1 aromatic heterocycles. The van der Waals surface area contributed by atoms with Gasteiger partial charge in [0, 0.05) is 26.2 Å². The predicted octanol–water partition coefficient (Wildman–Crippen LogP) is 1.41. The Morgan fingerprint density at radius 2 is 2.27 bits per heavy atom. The third-order valence-electron chi connectivity index (χ3n) is 3.53. The zero-order valence-electron chi connectivity index (χ0n) is 12.0. The highest BCUT2D eigenvalue weighted by atomic mass is 79.9. The molecular weight excluding hydrogens is 392 g/mol. The van der Waals surface area contributed by atoms with Gasteiger partial charge in [-0.15, -0.1) is 11.3 Å². The molecule has 1 aromatic rings. The molecule has 2 heterocycles. The number of carbonyl (C=O) groups excluding carboxylic acids is 1. The normalized spacial score (nSPS) is 20.0. The standard InChI is InChI=1S/C13H19BrN2O4S2/c14-11-4-5-12(21-11)22(19,20)16-7-1-3-10(9-16)13(18)15-6-2-8-17/h4-5,10,17H,1-3,6-9H2,(H,15,18). The third-order valence-corrected chi connectivity index (χ3v) is 7.49. The smallest absolute Gasteiger partial charge is 0.252 e. The van der Waals surface area contributed by atoms with Crippen LogP contribution in [0.15, 0.2) is 20.1 Å². The summed E-state index contributed by atoms with van der Waals surface area (Å²) in [5.74, 6) is -0.466. The zero-order valence-corrected chi connectivity index (χ0v) is 15.2. The molecule has 22 heavy (non-hydrogen) atoms. The Morgan fingerprint density at radius 1 is 1.50 bits per heavy atom. The van der Waals surface area contributed by atoms with Crippen molar-refractivity contribution in [3.8, 4) is 0 Å². The van der Waals surface area contributed by atoms with Crippen molar-refractivity contribution in [3.63, 3.8) is 0 Å². The van der Waals surface area contributed by atoms with Crippen molar-refractivity contribution >= 4 is 43.2 Å². The quantitative estimate of drug-likeness (QED) is 0.694. The first-order valence-electron chi connectivity index (χ1n) is 7.09. The lowest BCUT2D eigenvalue weighted by molar-refractivity contribution is -0.126. The van der Waals surface area contributed by atoms with Crippen LogP contribution in [-0.4, -0.2) is 50.0 Å². The molecule has 1 fully saturated rings. The fraction of sp³-hybridized carbons (Fsp3) is 0.615. The molecule has 0 spiro atoms. The Hall–Kier alpha value is -0.480. The summed E-state index contributed by atoms with van der Waals surface area (Å²) < 4.78 is 27.6. The first kappa shape index (κ1) is 17.9. The van der Waals surface area contributed by atoms with Crippen LogP contribution in [0, 0.1) is 5.92 Å². The van der Waals surface area contributed by atoms with Gasteiger partial charge in [0.05, 0.1) is 9.70 Å². The van der Waals surface area contributed by atoms with E-state index in [-0.39, 0.29) is 25.0 Å². The molecule has 0 aromatic carbocycles. The number of amides is 1. The molecule has 124 valence electrons. The Morgan fingerprint density at radius 3 is 2.91 bits per heavy atom. The van der Waals surface area contributed by atoms with Crippen LogP contribution >= 0.6 is 27.3 Å². The van der Waals surface area contributed by atoms with Crippen LogP contribution in [0.25, 0.3) is 0 Å². The molecule has 1 saturated heterocycles. The van der Waals surface area contributed by atoms with Gasteiger partial charge in [-0.25, -0.2) is 8.42 Å². The number of nitrogens with one attached hydrogen (secondary N) is 1. The van der Waals surface area contributed by atoms with E-state index in [1.807, 2.05) is 0 Å². The molecule has 1 amide bonds. The van der Waals surface area contributed by atoms with Crippen LogP contribution in [0.1, 0.15) is 19.3 Å². The summed E-state index contributed by atoms with van der Waals surface area (Å²) in [5.41, 5.74) is 0. The Balaban J connectivity index is 2.02. The SMILES string of the molecule is O=C(NCCCO)C1CCCN(S(=O)(=O)c2ccc(Br)s2)C1. The van der Waals surface area contributed by atoms with Gasteiger partial charge in [-0.05, 0) is 47.3 Å². The number of nitrogens with zero attached hydrogens (tertiary/aromatic N) is 1. The molecule has 0 bridgehead atoms. The third kappa shape index (κ3) is 4.29. The van der Waals surface area contributed by atoms with Crippen molar-refractivity contribution in [2.45, 2.75) is 23.5 Å². The van der Waals surface area contributed by atoms with Crippen LogP contribution < -0.4 is 5.32 Å². The van der Waals surface area contributed by atoms with Gasteiger partial charge in [-0.2, -0.15) is 4.31 Å². The minimum atomic E-state index is -3.53. The Labute approximate surface area is 142 Å². The van der Waals surface area contributed by atoms with E-state index in [0.29, 0.717) is 36.6 Å². The highest BCUT2D eigenvalue weighted by Gasteiger charge is 2.33. The predicted molar refractivity (Wildman–Crippen MR) is 88.2 cm³/mol. The van der Waals surface area contributed by atoms with Crippen LogP contribution in [0.5, 0.6) is 0 Å². The van der Waals surface area contributed by atoms with Crippen molar-refractivity contribution in [1.29, 1.82) is 0 Å². The fourth-order valence-electron chi connectivity index (χ4n) is 2.37. The number of halogens is 1. The Kier molecular flexibility index (Phi) is 6.39. The average Bonchev–Trinajstić information content (AvgIpc) is 2.95. The number of hydrogen-bond acceptors (Lipinski definition) is 5. The highest BCUT2D eigenvalue weighted by molar-refractivity contribution is 9.11. The molecule has 0 saturated carbocycles. The maximum absolute atomic E-state index is 12.6. The lowest BCUT2D eigenvalue weighted by Gasteiger charge is -2.30. The van der Waals surface area contributed by atoms with Crippen LogP contribution in [0.2, 0.25) is 0 Å². The second-order valence-corrected chi connectivity index (χ2v) is 9.76. The second-order valence-electron chi connectivity index (χ2n) is 5.13.